The van der Waals surface area contributed by atoms with Crippen molar-refractivity contribution in [1.82, 2.24) is 15.0 Å². The number of carbonyl (C=O) groups is 1. The van der Waals surface area contributed by atoms with Crippen LogP contribution in [0, 0.1) is 5.41 Å². The van der Waals surface area contributed by atoms with Crippen LogP contribution >= 0.6 is 0 Å². The number of carbonyl (C=O) groups excluding carboxylic acids is 1. The lowest BCUT2D eigenvalue weighted by Crippen LogP contribution is -2.54. The topological polar surface area (TPSA) is 137 Å². The van der Waals surface area contributed by atoms with Crippen LogP contribution in [-0.4, -0.2) is 44.1 Å². The highest BCUT2D eigenvalue weighted by atomic mass is 16.5. The van der Waals surface area contributed by atoms with E-state index in [-0.39, 0.29) is 35.2 Å². The molecule has 0 spiro atoms. The summed E-state index contributed by atoms with van der Waals surface area (Å²) >= 11 is 0. The molecule has 5 N–H and O–H groups in total. The first kappa shape index (κ1) is 23.9. The van der Waals surface area contributed by atoms with Crippen molar-refractivity contribution in [1.29, 1.82) is 0 Å². The Labute approximate surface area is 199 Å². The van der Waals surface area contributed by atoms with Crippen LogP contribution in [0.5, 0.6) is 0 Å². The maximum atomic E-state index is 13.3. The Bertz CT molecular complexity index is 1160. The number of aliphatic hydroxyl groups excluding tert-OH is 1. The minimum Gasteiger partial charge on any atom is -0.389 e. The molecule has 4 atom stereocenters. The lowest BCUT2D eigenvalue weighted by molar-refractivity contribution is -0.167. The van der Waals surface area contributed by atoms with Crippen molar-refractivity contribution in [3.8, 4) is 11.3 Å². The Morgan fingerprint density at radius 1 is 1.18 bits per heavy atom. The fourth-order valence-corrected chi connectivity index (χ4v) is 4.35. The maximum Gasteiger partial charge on any atom is 0.189 e. The molecule has 1 saturated heterocycles. The van der Waals surface area contributed by atoms with Crippen molar-refractivity contribution in [2.75, 3.05) is 5.73 Å². The zero-order valence-corrected chi connectivity index (χ0v) is 19.7. The summed E-state index contributed by atoms with van der Waals surface area (Å²) in [5, 5.41) is 10.6. The fourth-order valence-electron chi connectivity index (χ4n) is 4.35. The number of anilines is 1. The Morgan fingerprint density at radius 3 is 2.62 bits per heavy atom. The zero-order chi connectivity index (χ0) is 24.5. The van der Waals surface area contributed by atoms with Gasteiger partial charge in [-0.2, -0.15) is 0 Å². The molecule has 0 bridgehead atoms. The van der Waals surface area contributed by atoms with Crippen molar-refractivity contribution < 1.29 is 14.6 Å². The molecule has 0 saturated carbocycles. The van der Waals surface area contributed by atoms with E-state index >= 15 is 0 Å². The minimum atomic E-state index is -0.765. The van der Waals surface area contributed by atoms with Crippen molar-refractivity contribution >= 4 is 11.6 Å². The summed E-state index contributed by atoms with van der Waals surface area (Å²) in [6, 6.07) is 10.9. The van der Waals surface area contributed by atoms with E-state index < -0.39 is 18.2 Å². The lowest BCUT2D eigenvalue weighted by Gasteiger charge is -2.44. The molecular formula is C26H31N5O3. The summed E-state index contributed by atoms with van der Waals surface area (Å²) < 4.78 is 6.33. The highest BCUT2D eigenvalue weighted by Crippen LogP contribution is 2.39. The normalized spacial score (nSPS) is 23.0. The first-order valence-electron chi connectivity index (χ1n) is 11.4. The van der Waals surface area contributed by atoms with Crippen LogP contribution in [0.3, 0.4) is 0 Å². The molecule has 1 fully saturated rings. The molecule has 1 aliphatic rings. The maximum absolute atomic E-state index is 13.3. The molecule has 8 heteroatoms. The van der Waals surface area contributed by atoms with E-state index in [9.17, 15) is 9.90 Å². The summed E-state index contributed by atoms with van der Waals surface area (Å²) in [7, 11) is 0. The van der Waals surface area contributed by atoms with Crippen LogP contribution in [-0.2, 0) is 11.2 Å². The van der Waals surface area contributed by atoms with Crippen LogP contribution in [0.2, 0.25) is 0 Å². The second-order valence-electron chi connectivity index (χ2n) is 9.83. The molecule has 3 heterocycles. The van der Waals surface area contributed by atoms with Gasteiger partial charge in [0.05, 0.1) is 30.2 Å². The van der Waals surface area contributed by atoms with E-state index in [4.69, 9.17) is 16.2 Å². The summed E-state index contributed by atoms with van der Waals surface area (Å²) in [4.78, 5) is 26.2. The van der Waals surface area contributed by atoms with Crippen molar-refractivity contribution in [3.05, 3.63) is 71.8 Å². The number of ketones is 1. The number of aliphatic hydroxyl groups is 1. The quantitative estimate of drug-likeness (QED) is 0.493. The number of nitrogens with zero attached hydrogens (tertiary/aromatic N) is 3. The number of pyridine rings is 1. The molecule has 178 valence electrons. The average Bonchev–Trinajstić information content (AvgIpc) is 2.81. The van der Waals surface area contributed by atoms with Crippen molar-refractivity contribution in [2.24, 2.45) is 11.1 Å². The number of rotatable bonds is 5. The van der Waals surface area contributed by atoms with E-state index in [2.05, 4.69) is 15.0 Å². The molecule has 0 aliphatic carbocycles. The number of Topliss-reactive ketones (excluding diaryl/α,β-unsaturated/α-hetero) is 1. The van der Waals surface area contributed by atoms with Gasteiger partial charge in [-0.3, -0.25) is 9.78 Å². The molecular weight excluding hydrogens is 430 g/mol. The van der Waals surface area contributed by atoms with Crippen LogP contribution in [0.15, 0.2) is 55.0 Å². The monoisotopic (exact) mass is 461 g/mol. The van der Waals surface area contributed by atoms with Gasteiger partial charge in [0.25, 0.3) is 0 Å². The minimum absolute atomic E-state index is 0.0398. The lowest BCUT2D eigenvalue weighted by atomic mass is 9.79. The number of nitrogens with two attached hydrogens (primary N) is 2. The molecule has 0 amide bonds. The number of ether oxygens (including phenoxy) is 1. The van der Waals surface area contributed by atoms with Gasteiger partial charge in [-0.15, -0.1) is 0 Å². The Hall–Kier alpha value is -3.20. The predicted octanol–water partition coefficient (Wildman–Crippen LogP) is 3.11. The Morgan fingerprint density at radius 2 is 1.91 bits per heavy atom. The average molecular weight is 462 g/mol. The molecule has 8 nitrogen and oxygen atoms in total. The van der Waals surface area contributed by atoms with Crippen LogP contribution < -0.4 is 11.5 Å². The molecule has 0 unspecified atom stereocenters. The van der Waals surface area contributed by atoms with Gasteiger partial charge in [0.15, 0.2) is 11.6 Å². The van der Waals surface area contributed by atoms with Gasteiger partial charge in [-0.25, -0.2) is 9.97 Å². The van der Waals surface area contributed by atoms with E-state index in [0.29, 0.717) is 17.7 Å². The zero-order valence-electron chi connectivity index (χ0n) is 19.7. The molecule has 2 aromatic heterocycles. The van der Waals surface area contributed by atoms with Crippen LogP contribution in [0.1, 0.15) is 54.9 Å². The second-order valence-corrected chi connectivity index (χ2v) is 9.83. The summed E-state index contributed by atoms with van der Waals surface area (Å²) in [6.45, 7) is 6.02. The third-order valence-electron chi connectivity index (χ3n) is 6.17. The number of nitrogen functional groups attached to an aromatic ring is 1. The summed E-state index contributed by atoms with van der Waals surface area (Å²) in [5.74, 6) is -0.175. The van der Waals surface area contributed by atoms with Gasteiger partial charge in [-0.05, 0) is 29.0 Å². The third kappa shape index (κ3) is 4.99. The van der Waals surface area contributed by atoms with Crippen molar-refractivity contribution in [3.63, 3.8) is 0 Å². The summed E-state index contributed by atoms with van der Waals surface area (Å²) in [6.07, 6.45) is 3.78. The molecule has 34 heavy (non-hydrogen) atoms. The van der Waals surface area contributed by atoms with E-state index in [1.54, 1.807) is 18.6 Å². The van der Waals surface area contributed by atoms with Gasteiger partial charge in [0.2, 0.25) is 0 Å². The molecule has 1 aromatic carbocycles. The molecule has 0 radical (unpaired) electrons. The van der Waals surface area contributed by atoms with Crippen LogP contribution in [0.25, 0.3) is 11.3 Å². The molecule has 1 aliphatic heterocycles. The third-order valence-corrected chi connectivity index (χ3v) is 6.17. The number of aromatic nitrogens is 3. The van der Waals surface area contributed by atoms with E-state index in [1.807, 2.05) is 57.2 Å². The highest BCUT2D eigenvalue weighted by Gasteiger charge is 2.42. The first-order chi connectivity index (χ1) is 16.1. The highest BCUT2D eigenvalue weighted by molar-refractivity contribution is 5.99. The number of hydrogen-bond acceptors (Lipinski definition) is 8. The Balaban J connectivity index is 1.61. The first-order valence-corrected chi connectivity index (χ1v) is 11.4. The van der Waals surface area contributed by atoms with Crippen molar-refractivity contribution in [2.45, 2.75) is 58.0 Å². The van der Waals surface area contributed by atoms with Gasteiger partial charge >= 0.3 is 0 Å². The molecule has 3 aromatic rings. The predicted molar refractivity (Wildman–Crippen MR) is 130 cm³/mol. The van der Waals surface area contributed by atoms with Gasteiger partial charge < -0.3 is 21.3 Å². The fraction of sp³-hybridized carbons (Fsp3) is 0.385. The van der Waals surface area contributed by atoms with Gasteiger partial charge in [0.1, 0.15) is 5.69 Å². The second kappa shape index (κ2) is 9.58. The van der Waals surface area contributed by atoms with E-state index in [1.165, 1.54) is 0 Å². The van der Waals surface area contributed by atoms with E-state index in [0.717, 1.165) is 11.1 Å². The van der Waals surface area contributed by atoms with Gasteiger partial charge in [0, 0.05) is 30.4 Å². The molecule has 4 rings (SSSR count). The number of benzene rings is 1. The largest absolute Gasteiger partial charge is 0.389 e. The van der Waals surface area contributed by atoms with Crippen LogP contribution in [0.4, 0.5) is 5.82 Å². The SMILES string of the molecule is CC(C)(C)[C@@H]1O[C@H](c2ccncc2CC(=O)c2nc(-c3ccccc3)cnc2N)C[C@H](N)[C@H]1O. The standard InChI is InChI=1S/C26H31N5O3/c1-26(2,3)24-23(33)18(27)12-21(34-24)17-9-10-29-13-16(17)11-20(32)22-25(28)30-14-19(31-22)15-7-5-4-6-8-15/h4-10,13-14,18,21,23-24,33H,11-12,27H2,1-3H3,(H2,28,30)/t18-,21-,23+,24+/m0/s1. The number of hydrogen-bond donors (Lipinski definition) is 3. The van der Waals surface area contributed by atoms with Gasteiger partial charge in [-0.1, -0.05) is 51.1 Å². The summed E-state index contributed by atoms with van der Waals surface area (Å²) in [5.41, 5.74) is 15.1. The smallest absolute Gasteiger partial charge is 0.189 e. The Kier molecular flexibility index (Phi) is 6.74.